The Balaban J connectivity index is 1.77. The molecule has 96 valence electrons. The molecule has 2 aliphatic rings. The van der Waals surface area contributed by atoms with Crippen LogP contribution in [0.4, 0.5) is 0 Å². The van der Waals surface area contributed by atoms with Gasteiger partial charge in [-0.1, -0.05) is 23.2 Å². The fourth-order valence-electron chi connectivity index (χ4n) is 2.83. The van der Waals surface area contributed by atoms with Crippen LogP contribution in [-0.4, -0.2) is 37.0 Å². The Morgan fingerprint density at radius 3 is 2.44 bits per heavy atom. The highest BCUT2D eigenvalue weighted by Gasteiger charge is 2.38. The number of likely N-dealkylation sites (tertiary alicyclic amines) is 1. The van der Waals surface area contributed by atoms with Crippen LogP contribution in [-0.2, 0) is 0 Å². The zero-order chi connectivity index (χ0) is 12.7. The van der Waals surface area contributed by atoms with E-state index < -0.39 is 0 Å². The first-order chi connectivity index (χ1) is 8.65. The van der Waals surface area contributed by atoms with Crippen LogP contribution in [0.25, 0.3) is 0 Å². The second-order valence-corrected chi connectivity index (χ2v) is 5.83. The van der Waals surface area contributed by atoms with Crippen LogP contribution < -0.4 is 5.32 Å². The minimum atomic E-state index is 0.0583. The van der Waals surface area contributed by atoms with Crippen LogP contribution in [0.15, 0.2) is 18.2 Å². The molecule has 2 saturated heterocycles. The number of rotatable bonds is 1. The van der Waals surface area contributed by atoms with E-state index in [-0.39, 0.29) is 5.91 Å². The molecule has 0 radical (unpaired) electrons. The Labute approximate surface area is 116 Å². The summed E-state index contributed by atoms with van der Waals surface area (Å²) < 4.78 is 0. The molecule has 0 bridgehead atoms. The van der Waals surface area contributed by atoms with Crippen LogP contribution in [0, 0.1) is 11.8 Å². The molecule has 0 spiro atoms. The molecule has 1 aromatic rings. The molecule has 3 nitrogen and oxygen atoms in total. The molecule has 3 rings (SSSR count). The summed E-state index contributed by atoms with van der Waals surface area (Å²) in [6.45, 7) is 3.74. The van der Waals surface area contributed by atoms with Gasteiger partial charge >= 0.3 is 0 Å². The van der Waals surface area contributed by atoms with Crippen molar-refractivity contribution in [1.82, 2.24) is 10.2 Å². The Morgan fingerprint density at radius 2 is 1.83 bits per heavy atom. The van der Waals surface area contributed by atoms with Gasteiger partial charge in [-0.05, 0) is 30.0 Å². The van der Waals surface area contributed by atoms with Gasteiger partial charge in [-0.25, -0.2) is 0 Å². The topological polar surface area (TPSA) is 32.3 Å². The van der Waals surface area contributed by atoms with Crippen LogP contribution in [0.5, 0.6) is 0 Å². The predicted octanol–water partition coefficient (Wildman–Crippen LogP) is 2.28. The minimum absolute atomic E-state index is 0.0583. The predicted molar refractivity (Wildman–Crippen MR) is 72.2 cm³/mol. The zero-order valence-corrected chi connectivity index (χ0v) is 11.3. The zero-order valence-electron chi connectivity index (χ0n) is 9.83. The average Bonchev–Trinajstić information content (AvgIpc) is 2.92. The van der Waals surface area contributed by atoms with Gasteiger partial charge in [0.1, 0.15) is 0 Å². The van der Waals surface area contributed by atoms with Crippen LogP contribution in [0.2, 0.25) is 10.0 Å². The minimum Gasteiger partial charge on any atom is -0.338 e. The van der Waals surface area contributed by atoms with Gasteiger partial charge in [0.15, 0.2) is 0 Å². The second-order valence-electron chi connectivity index (χ2n) is 5.02. The normalized spacial score (nSPS) is 26.4. The highest BCUT2D eigenvalue weighted by atomic mass is 35.5. The number of fused-ring (bicyclic) bond motifs is 1. The van der Waals surface area contributed by atoms with Crippen molar-refractivity contribution in [2.75, 3.05) is 26.2 Å². The standard InChI is InChI=1S/C13H14Cl2N2O/c14-11-2-1-8(3-12(11)15)13(18)17-6-9-4-16-5-10(9)7-17/h1-3,9-10,16H,4-7H2. The Hall–Kier alpha value is -0.770. The fraction of sp³-hybridized carbons (Fsp3) is 0.462. The molecule has 2 fully saturated rings. The van der Waals surface area contributed by atoms with Crippen LogP contribution in [0.1, 0.15) is 10.4 Å². The summed E-state index contributed by atoms with van der Waals surface area (Å²) in [7, 11) is 0. The van der Waals surface area contributed by atoms with E-state index in [4.69, 9.17) is 23.2 Å². The number of carbonyl (C=O) groups is 1. The third-order valence-electron chi connectivity index (χ3n) is 3.84. The van der Waals surface area contributed by atoms with E-state index in [2.05, 4.69) is 5.32 Å². The van der Waals surface area contributed by atoms with Gasteiger partial charge in [-0.2, -0.15) is 0 Å². The smallest absolute Gasteiger partial charge is 0.253 e. The summed E-state index contributed by atoms with van der Waals surface area (Å²) in [6.07, 6.45) is 0. The maximum atomic E-state index is 12.3. The lowest BCUT2D eigenvalue weighted by atomic mass is 10.0. The van der Waals surface area contributed by atoms with Crippen molar-refractivity contribution in [1.29, 1.82) is 0 Å². The molecule has 1 amide bonds. The molecular formula is C13H14Cl2N2O. The van der Waals surface area contributed by atoms with E-state index in [9.17, 15) is 4.79 Å². The van der Waals surface area contributed by atoms with Crippen molar-refractivity contribution in [3.05, 3.63) is 33.8 Å². The summed E-state index contributed by atoms with van der Waals surface area (Å²) in [5.74, 6) is 1.27. The first-order valence-corrected chi connectivity index (χ1v) is 6.86. The third-order valence-corrected chi connectivity index (χ3v) is 4.58. The fourth-order valence-corrected chi connectivity index (χ4v) is 3.13. The van der Waals surface area contributed by atoms with E-state index in [1.54, 1.807) is 18.2 Å². The number of benzene rings is 1. The molecule has 2 atom stereocenters. The molecule has 18 heavy (non-hydrogen) atoms. The Bertz CT molecular complexity index is 480. The van der Waals surface area contributed by atoms with Crippen LogP contribution >= 0.6 is 23.2 Å². The summed E-state index contributed by atoms with van der Waals surface area (Å²) >= 11 is 11.8. The number of nitrogens with zero attached hydrogens (tertiary/aromatic N) is 1. The molecule has 5 heteroatoms. The number of halogens is 2. The molecule has 2 heterocycles. The van der Waals surface area contributed by atoms with Gasteiger partial charge in [0.2, 0.25) is 0 Å². The first kappa shape index (κ1) is 12.3. The summed E-state index contributed by atoms with van der Waals surface area (Å²) in [5.41, 5.74) is 0.623. The number of hydrogen-bond acceptors (Lipinski definition) is 2. The van der Waals surface area contributed by atoms with E-state index >= 15 is 0 Å². The molecule has 1 N–H and O–H groups in total. The Morgan fingerprint density at radius 1 is 1.17 bits per heavy atom. The van der Waals surface area contributed by atoms with E-state index in [0.29, 0.717) is 27.4 Å². The molecule has 2 unspecified atom stereocenters. The molecular weight excluding hydrogens is 271 g/mol. The van der Waals surface area contributed by atoms with Gasteiger partial charge in [0, 0.05) is 31.7 Å². The lowest BCUT2D eigenvalue weighted by Gasteiger charge is -2.17. The van der Waals surface area contributed by atoms with Crippen molar-refractivity contribution in [3.63, 3.8) is 0 Å². The van der Waals surface area contributed by atoms with Crippen molar-refractivity contribution in [2.24, 2.45) is 11.8 Å². The molecule has 0 aromatic heterocycles. The SMILES string of the molecule is O=C(c1ccc(Cl)c(Cl)c1)N1CC2CNCC2C1. The first-order valence-electron chi connectivity index (χ1n) is 6.10. The van der Waals surface area contributed by atoms with Crippen LogP contribution in [0.3, 0.4) is 0 Å². The number of hydrogen-bond donors (Lipinski definition) is 1. The molecule has 2 aliphatic heterocycles. The van der Waals surface area contributed by atoms with E-state index in [1.807, 2.05) is 4.90 Å². The number of nitrogens with one attached hydrogen (secondary N) is 1. The highest BCUT2D eigenvalue weighted by Crippen LogP contribution is 2.29. The highest BCUT2D eigenvalue weighted by molar-refractivity contribution is 6.42. The second kappa shape index (κ2) is 4.72. The van der Waals surface area contributed by atoms with Gasteiger partial charge in [-0.15, -0.1) is 0 Å². The Kier molecular flexibility index (Phi) is 3.22. The average molecular weight is 285 g/mol. The molecule has 1 aromatic carbocycles. The van der Waals surface area contributed by atoms with Gasteiger partial charge in [0.05, 0.1) is 10.0 Å². The van der Waals surface area contributed by atoms with E-state index in [0.717, 1.165) is 26.2 Å². The largest absolute Gasteiger partial charge is 0.338 e. The monoisotopic (exact) mass is 284 g/mol. The molecule has 0 aliphatic carbocycles. The molecule has 0 saturated carbocycles. The summed E-state index contributed by atoms with van der Waals surface area (Å²) in [5, 5.41) is 4.28. The third kappa shape index (κ3) is 2.11. The summed E-state index contributed by atoms with van der Waals surface area (Å²) in [4.78, 5) is 14.3. The van der Waals surface area contributed by atoms with Gasteiger partial charge < -0.3 is 10.2 Å². The lowest BCUT2D eigenvalue weighted by Crippen LogP contribution is -2.31. The van der Waals surface area contributed by atoms with Crippen molar-refractivity contribution < 1.29 is 4.79 Å². The summed E-state index contributed by atoms with van der Waals surface area (Å²) in [6, 6.07) is 5.07. The van der Waals surface area contributed by atoms with E-state index in [1.165, 1.54) is 0 Å². The van der Waals surface area contributed by atoms with Crippen molar-refractivity contribution >= 4 is 29.1 Å². The number of amides is 1. The van der Waals surface area contributed by atoms with Crippen molar-refractivity contribution in [3.8, 4) is 0 Å². The van der Waals surface area contributed by atoms with Gasteiger partial charge in [-0.3, -0.25) is 4.79 Å². The lowest BCUT2D eigenvalue weighted by molar-refractivity contribution is 0.0781. The van der Waals surface area contributed by atoms with Crippen molar-refractivity contribution in [2.45, 2.75) is 0 Å². The number of carbonyl (C=O) groups excluding carboxylic acids is 1. The quantitative estimate of drug-likeness (QED) is 0.858. The maximum Gasteiger partial charge on any atom is 0.253 e. The van der Waals surface area contributed by atoms with Gasteiger partial charge in [0.25, 0.3) is 5.91 Å². The maximum absolute atomic E-state index is 12.3.